The molecule has 0 N–H and O–H groups in total. The molecule has 0 spiro atoms. The van der Waals surface area contributed by atoms with Gasteiger partial charge in [-0.3, -0.25) is 9.36 Å². The first-order chi connectivity index (χ1) is 19.9. The number of rotatable bonds is 6. The van der Waals surface area contributed by atoms with Crippen molar-refractivity contribution in [2.45, 2.75) is 13.0 Å². The number of hydrogen-bond donors (Lipinski definition) is 0. The maximum Gasteiger partial charge on any atom is 0.338 e. The van der Waals surface area contributed by atoms with Crippen LogP contribution < -0.4 is 14.9 Å². The molecule has 9 heteroatoms. The molecule has 0 amide bonds. The van der Waals surface area contributed by atoms with Crippen LogP contribution in [0.4, 0.5) is 0 Å². The van der Waals surface area contributed by atoms with E-state index in [1.165, 1.54) is 11.3 Å². The van der Waals surface area contributed by atoms with Crippen LogP contribution >= 0.6 is 38.9 Å². The van der Waals surface area contributed by atoms with Crippen molar-refractivity contribution in [3.05, 3.63) is 143 Å². The summed E-state index contributed by atoms with van der Waals surface area (Å²) in [7, 11) is 0. The lowest BCUT2D eigenvalue weighted by molar-refractivity contribution is -0.138. The third kappa shape index (κ3) is 5.26. The predicted molar refractivity (Wildman–Crippen MR) is 164 cm³/mol. The molecule has 0 saturated heterocycles. The lowest BCUT2D eigenvalue weighted by Gasteiger charge is -2.25. The topological polar surface area (TPSA) is 73.8 Å². The Bertz CT molecular complexity index is 1980. The molecule has 1 aliphatic heterocycles. The summed E-state index contributed by atoms with van der Waals surface area (Å²) in [5.41, 5.74) is 2.88. The summed E-state index contributed by atoms with van der Waals surface area (Å²) in [6, 6.07) is 27.4. The number of thiazole rings is 1. The Morgan fingerprint density at radius 1 is 1.05 bits per heavy atom. The number of halogens is 2. The van der Waals surface area contributed by atoms with Crippen LogP contribution in [0.15, 0.2) is 115 Å². The Labute approximate surface area is 252 Å². The normalized spacial score (nSPS) is 15.0. The van der Waals surface area contributed by atoms with Crippen LogP contribution in [-0.2, 0) is 9.53 Å². The van der Waals surface area contributed by atoms with Crippen LogP contribution in [0, 0.1) is 0 Å². The third-order valence-corrected chi connectivity index (χ3v) is 8.81. The number of esters is 1. The number of carbonyl (C=O) groups is 1. The van der Waals surface area contributed by atoms with E-state index in [2.05, 4.69) is 15.9 Å². The summed E-state index contributed by atoms with van der Waals surface area (Å²) in [5.74, 6) is 0.618. The van der Waals surface area contributed by atoms with E-state index in [1.807, 2.05) is 84.9 Å². The molecule has 5 aromatic rings. The van der Waals surface area contributed by atoms with Gasteiger partial charge in [-0.2, -0.15) is 0 Å². The summed E-state index contributed by atoms with van der Waals surface area (Å²) in [6.07, 6.45) is 1.70. The van der Waals surface area contributed by atoms with Gasteiger partial charge in [0.25, 0.3) is 5.56 Å². The molecule has 6 nitrogen and oxygen atoms in total. The van der Waals surface area contributed by atoms with Crippen LogP contribution in [0.1, 0.15) is 29.9 Å². The fourth-order valence-corrected chi connectivity index (χ4v) is 6.16. The van der Waals surface area contributed by atoms with Crippen molar-refractivity contribution in [3.63, 3.8) is 0 Å². The molecule has 0 unspecified atom stereocenters. The maximum absolute atomic E-state index is 14.0. The summed E-state index contributed by atoms with van der Waals surface area (Å²) in [4.78, 5) is 32.8. The Hall–Kier alpha value is -3.98. The van der Waals surface area contributed by atoms with Crippen molar-refractivity contribution in [1.82, 2.24) is 4.57 Å². The highest BCUT2D eigenvalue weighted by Crippen LogP contribution is 2.35. The van der Waals surface area contributed by atoms with E-state index < -0.39 is 12.0 Å². The van der Waals surface area contributed by atoms with Gasteiger partial charge in [-0.15, -0.1) is 0 Å². The fourth-order valence-electron chi connectivity index (χ4n) is 4.76. The Kier molecular flexibility index (Phi) is 7.62. The maximum atomic E-state index is 14.0. The van der Waals surface area contributed by atoms with Gasteiger partial charge in [-0.1, -0.05) is 89.7 Å². The first kappa shape index (κ1) is 27.2. The number of benzene rings is 3. The van der Waals surface area contributed by atoms with E-state index in [-0.39, 0.29) is 12.2 Å². The number of hydrogen-bond acceptors (Lipinski definition) is 6. The molecule has 1 aliphatic rings. The molecule has 41 heavy (non-hydrogen) atoms. The third-order valence-electron chi connectivity index (χ3n) is 6.59. The molecule has 2 aromatic heterocycles. The van der Waals surface area contributed by atoms with E-state index in [0.29, 0.717) is 37.1 Å². The molecule has 1 atom stereocenters. The number of nitrogens with zero attached hydrogens (tertiary/aromatic N) is 2. The summed E-state index contributed by atoms with van der Waals surface area (Å²) < 4.78 is 14.4. The van der Waals surface area contributed by atoms with Gasteiger partial charge >= 0.3 is 5.97 Å². The summed E-state index contributed by atoms with van der Waals surface area (Å²) >= 11 is 10.9. The van der Waals surface area contributed by atoms with Crippen molar-refractivity contribution in [3.8, 4) is 11.3 Å². The van der Waals surface area contributed by atoms with Gasteiger partial charge in [0.1, 0.15) is 11.5 Å². The first-order valence-electron chi connectivity index (χ1n) is 12.8. The minimum atomic E-state index is -0.721. The van der Waals surface area contributed by atoms with Crippen molar-refractivity contribution in [1.29, 1.82) is 0 Å². The average Bonchev–Trinajstić information content (AvgIpc) is 3.59. The van der Waals surface area contributed by atoms with E-state index in [4.69, 9.17) is 25.7 Å². The van der Waals surface area contributed by atoms with Gasteiger partial charge in [-0.25, -0.2) is 9.79 Å². The minimum Gasteiger partial charge on any atom is -0.463 e. The Balaban J connectivity index is 1.54. The highest BCUT2D eigenvalue weighted by molar-refractivity contribution is 9.10. The SMILES string of the molecule is CCOC(=O)C1=C(c2ccccc2)N=c2s/c(=C\c3ccc(-c4ccc(Br)c(Cl)c4)o3)c(=O)n2[C@@H]1c1ccccc1. The highest BCUT2D eigenvalue weighted by Gasteiger charge is 2.35. The number of carbonyl (C=O) groups excluding carboxylic acids is 1. The smallest absolute Gasteiger partial charge is 0.338 e. The van der Waals surface area contributed by atoms with Gasteiger partial charge in [0.15, 0.2) is 4.80 Å². The van der Waals surface area contributed by atoms with E-state index in [0.717, 1.165) is 21.2 Å². The quantitative estimate of drug-likeness (QED) is 0.195. The molecular formula is C32H22BrClN2O4S. The number of furan rings is 1. The Morgan fingerprint density at radius 2 is 1.78 bits per heavy atom. The van der Waals surface area contributed by atoms with Gasteiger partial charge in [-0.05, 0) is 52.7 Å². The highest BCUT2D eigenvalue weighted by atomic mass is 79.9. The van der Waals surface area contributed by atoms with Crippen molar-refractivity contribution < 1.29 is 13.9 Å². The van der Waals surface area contributed by atoms with Gasteiger partial charge in [0, 0.05) is 21.7 Å². The number of ether oxygens (including phenoxy) is 1. The molecule has 0 bridgehead atoms. The zero-order valence-electron chi connectivity index (χ0n) is 21.7. The van der Waals surface area contributed by atoms with Crippen molar-refractivity contribution in [2.75, 3.05) is 6.61 Å². The molecular weight excluding hydrogens is 624 g/mol. The van der Waals surface area contributed by atoms with E-state index in [1.54, 1.807) is 23.6 Å². The monoisotopic (exact) mass is 644 g/mol. The molecule has 204 valence electrons. The van der Waals surface area contributed by atoms with Gasteiger partial charge in [0.05, 0.1) is 33.5 Å². The first-order valence-corrected chi connectivity index (χ1v) is 14.8. The second-order valence-corrected chi connectivity index (χ2v) is 11.4. The predicted octanol–water partition coefficient (Wildman–Crippen LogP) is 6.61. The zero-order valence-corrected chi connectivity index (χ0v) is 24.9. The van der Waals surface area contributed by atoms with Gasteiger partial charge < -0.3 is 9.15 Å². The van der Waals surface area contributed by atoms with Crippen LogP contribution in [-0.4, -0.2) is 17.1 Å². The molecule has 3 aromatic carbocycles. The minimum absolute atomic E-state index is 0.195. The lowest BCUT2D eigenvalue weighted by atomic mass is 9.93. The summed E-state index contributed by atoms with van der Waals surface area (Å²) in [5, 5.41) is 0.571. The van der Waals surface area contributed by atoms with Crippen LogP contribution in [0.2, 0.25) is 5.02 Å². The fraction of sp³-hybridized carbons (Fsp3) is 0.0938. The molecule has 0 aliphatic carbocycles. The second kappa shape index (κ2) is 11.5. The number of fused-ring (bicyclic) bond motifs is 1. The zero-order chi connectivity index (χ0) is 28.5. The summed E-state index contributed by atoms with van der Waals surface area (Å²) in [6.45, 7) is 1.95. The van der Waals surface area contributed by atoms with E-state index >= 15 is 0 Å². The molecule has 3 heterocycles. The standard InChI is InChI=1S/C32H22BrClN2O4S/c1-2-39-31(38)27-28(19-9-5-3-6-10-19)35-32-36(29(27)20-11-7-4-8-12-20)30(37)26(41-32)18-22-14-16-25(40-22)21-13-15-23(33)24(34)17-21/h3-18,29H,2H2,1H3/b26-18-/t29-/m1/s1. The van der Waals surface area contributed by atoms with Crippen molar-refractivity contribution >= 4 is 56.6 Å². The van der Waals surface area contributed by atoms with Crippen LogP contribution in [0.5, 0.6) is 0 Å². The molecule has 0 radical (unpaired) electrons. The molecule has 6 rings (SSSR count). The lowest BCUT2D eigenvalue weighted by Crippen LogP contribution is -2.39. The van der Waals surface area contributed by atoms with Crippen molar-refractivity contribution in [2.24, 2.45) is 4.99 Å². The van der Waals surface area contributed by atoms with Gasteiger partial charge in [0.2, 0.25) is 0 Å². The molecule has 0 saturated carbocycles. The Morgan fingerprint density at radius 3 is 2.49 bits per heavy atom. The largest absolute Gasteiger partial charge is 0.463 e. The number of aromatic nitrogens is 1. The second-order valence-electron chi connectivity index (χ2n) is 9.17. The molecule has 0 fully saturated rings. The van der Waals surface area contributed by atoms with Crippen LogP contribution in [0.3, 0.4) is 0 Å². The van der Waals surface area contributed by atoms with Crippen LogP contribution in [0.25, 0.3) is 23.1 Å². The average molecular weight is 646 g/mol. The van der Waals surface area contributed by atoms with E-state index in [9.17, 15) is 9.59 Å².